The van der Waals surface area contributed by atoms with E-state index in [0.29, 0.717) is 23.5 Å². The lowest BCUT2D eigenvalue weighted by atomic mass is 10.1. The summed E-state index contributed by atoms with van der Waals surface area (Å²) in [6.45, 7) is 6.45. The molecule has 1 atom stereocenters. The SMILES string of the molecule is C=C/C=C(\C)C(=O)O.Cn1c(=O)cc(N2CCCC(N)C2)n(Cc2ccccc2C#N)c1=O. The average Bonchev–Trinajstić information content (AvgIpc) is 2.80. The first-order valence-corrected chi connectivity index (χ1v) is 10.5. The van der Waals surface area contributed by atoms with Crippen molar-refractivity contribution in [3.05, 3.63) is 86.6 Å². The Balaban J connectivity index is 0.000000414. The Kier molecular flexibility index (Phi) is 8.95. The molecule has 1 aliphatic rings. The summed E-state index contributed by atoms with van der Waals surface area (Å²) in [6, 6.07) is 10.8. The monoisotopic (exact) mass is 451 g/mol. The van der Waals surface area contributed by atoms with Crippen molar-refractivity contribution in [3.8, 4) is 6.07 Å². The van der Waals surface area contributed by atoms with Gasteiger partial charge in [0.15, 0.2) is 0 Å². The maximum Gasteiger partial charge on any atom is 0.332 e. The van der Waals surface area contributed by atoms with Crippen molar-refractivity contribution in [3.63, 3.8) is 0 Å². The number of piperidine rings is 1. The number of carbonyl (C=O) groups is 1. The van der Waals surface area contributed by atoms with E-state index >= 15 is 0 Å². The minimum Gasteiger partial charge on any atom is -0.478 e. The van der Waals surface area contributed by atoms with Gasteiger partial charge in [-0.05, 0) is 31.4 Å². The lowest BCUT2D eigenvalue weighted by molar-refractivity contribution is -0.132. The van der Waals surface area contributed by atoms with Crippen LogP contribution in [0.15, 0.2) is 64.2 Å². The third-order valence-electron chi connectivity index (χ3n) is 5.33. The third kappa shape index (κ3) is 6.54. The molecule has 9 heteroatoms. The summed E-state index contributed by atoms with van der Waals surface area (Å²) < 4.78 is 2.64. The molecule has 2 aromatic rings. The van der Waals surface area contributed by atoms with Crippen molar-refractivity contribution in [1.29, 1.82) is 5.26 Å². The maximum absolute atomic E-state index is 12.7. The lowest BCUT2D eigenvalue weighted by Crippen LogP contribution is -2.47. The van der Waals surface area contributed by atoms with Crippen molar-refractivity contribution in [1.82, 2.24) is 9.13 Å². The number of aliphatic carboxylic acids is 1. The smallest absolute Gasteiger partial charge is 0.332 e. The molecule has 1 aromatic carbocycles. The number of nitriles is 1. The number of hydrogen-bond donors (Lipinski definition) is 2. The summed E-state index contributed by atoms with van der Waals surface area (Å²) in [7, 11) is 1.46. The van der Waals surface area contributed by atoms with Crippen LogP contribution in [0.4, 0.5) is 5.82 Å². The molecule has 33 heavy (non-hydrogen) atoms. The van der Waals surface area contributed by atoms with Crippen molar-refractivity contribution >= 4 is 11.8 Å². The van der Waals surface area contributed by atoms with Gasteiger partial charge in [-0.25, -0.2) is 9.59 Å². The molecule has 0 radical (unpaired) electrons. The van der Waals surface area contributed by atoms with Crippen LogP contribution in [0.2, 0.25) is 0 Å². The van der Waals surface area contributed by atoms with Gasteiger partial charge in [0.2, 0.25) is 0 Å². The summed E-state index contributed by atoms with van der Waals surface area (Å²) in [5, 5.41) is 17.5. The van der Waals surface area contributed by atoms with Gasteiger partial charge in [0.25, 0.3) is 5.56 Å². The van der Waals surface area contributed by atoms with E-state index in [1.54, 1.807) is 16.7 Å². The van der Waals surface area contributed by atoms with E-state index in [4.69, 9.17) is 10.8 Å². The molecule has 1 aliphatic heterocycles. The molecule has 0 aliphatic carbocycles. The molecule has 9 nitrogen and oxygen atoms in total. The quantitative estimate of drug-likeness (QED) is 0.521. The minimum absolute atomic E-state index is 0.0211. The van der Waals surface area contributed by atoms with Crippen LogP contribution in [0.3, 0.4) is 0 Å². The second-order valence-electron chi connectivity index (χ2n) is 7.78. The summed E-state index contributed by atoms with van der Waals surface area (Å²) in [5.41, 5.74) is 6.89. The molecule has 0 saturated carbocycles. The van der Waals surface area contributed by atoms with Crippen LogP contribution >= 0.6 is 0 Å². The van der Waals surface area contributed by atoms with Gasteiger partial charge in [-0.2, -0.15) is 5.26 Å². The van der Waals surface area contributed by atoms with Crippen LogP contribution in [-0.2, 0) is 18.4 Å². The standard InChI is InChI=1S/C18H21N5O2.C6H8O2/c1-21-17(24)9-16(22-8-4-7-15(20)12-22)23(18(21)25)11-14-6-3-2-5-13(14)10-19;1-3-4-5(2)6(7)8/h2-3,5-6,9,15H,4,7-8,11-12,20H2,1H3;3-4H,1H2,2H3,(H,7,8)/b;5-4+. The van der Waals surface area contributed by atoms with E-state index in [2.05, 4.69) is 12.6 Å². The molecule has 0 bridgehead atoms. The molecule has 1 fully saturated rings. The van der Waals surface area contributed by atoms with Gasteiger partial charge in [0.05, 0.1) is 18.2 Å². The van der Waals surface area contributed by atoms with E-state index in [9.17, 15) is 19.6 Å². The first-order chi connectivity index (χ1) is 15.7. The fourth-order valence-electron chi connectivity index (χ4n) is 3.47. The fraction of sp³-hybridized carbons (Fsp3) is 0.333. The van der Waals surface area contributed by atoms with Crippen LogP contribution in [0.1, 0.15) is 30.9 Å². The second kappa shape index (κ2) is 11.6. The molecule has 0 amide bonds. The zero-order chi connectivity index (χ0) is 24.5. The van der Waals surface area contributed by atoms with Crippen LogP contribution in [0.25, 0.3) is 0 Å². The Morgan fingerprint density at radius 1 is 1.36 bits per heavy atom. The van der Waals surface area contributed by atoms with Crippen molar-refractivity contribution in [2.75, 3.05) is 18.0 Å². The van der Waals surface area contributed by atoms with E-state index in [0.717, 1.165) is 29.5 Å². The number of aromatic nitrogens is 2. The van der Waals surface area contributed by atoms with Crippen LogP contribution in [0, 0.1) is 11.3 Å². The fourth-order valence-corrected chi connectivity index (χ4v) is 3.47. The number of hydrogen-bond acceptors (Lipinski definition) is 6. The number of anilines is 1. The van der Waals surface area contributed by atoms with Gasteiger partial charge < -0.3 is 15.7 Å². The van der Waals surface area contributed by atoms with Gasteiger partial charge in [-0.3, -0.25) is 13.9 Å². The topological polar surface area (TPSA) is 134 Å². The second-order valence-corrected chi connectivity index (χ2v) is 7.78. The predicted octanol–water partition coefficient (Wildman–Crippen LogP) is 1.60. The summed E-state index contributed by atoms with van der Waals surface area (Å²) in [5.74, 6) is -0.333. The lowest BCUT2D eigenvalue weighted by Gasteiger charge is -2.34. The maximum atomic E-state index is 12.7. The molecular weight excluding hydrogens is 422 g/mol. The average molecular weight is 452 g/mol. The normalized spacial score (nSPS) is 15.8. The Morgan fingerprint density at radius 2 is 2.06 bits per heavy atom. The minimum atomic E-state index is -0.898. The van der Waals surface area contributed by atoms with Crippen molar-refractivity contribution < 1.29 is 9.90 Å². The number of nitrogens with two attached hydrogens (primary N) is 1. The van der Waals surface area contributed by atoms with Crippen molar-refractivity contribution in [2.24, 2.45) is 12.8 Å². The van der Waals surface area contributed by atoms with Gasteiger partial charge >= 0.3 is 11.7 Å². The van der Waals surface area contributed by atoms with Gasteiger partial charge in [-0.1, -0.05) is 36.9 Å². The predicted molar refractivity (Wildman–Crippen MR) is 127 cm³/mol. The first-order valence-electron chi connectivity index (χ1n) is 10.5. The number of carboxylic acids is 1. The van der Waals surface area contributed by atoms with Crippen LogP contribution in [-0.4, -0.2) is 39.3 Å². The van der Waals surface area contributed by atoms with Gasteiger partial charge in [0.1, 0.15) is 5.82 Å². The highest BCUT2D eigenvalue weighted by molar-refractivity contribution is 5.86. The van der Waals surface area contributed by atoms with E-state index in [-0.39, 0.29) is 18.1 Å². The number of carboxylic acid groups (broad SMARTS) is 1. The highest BCUT2D eigenvalue weighted by atomic mass is 16.4. The zero-order valence-corrected chi connectivity index (χ0v) is 18.9. The molecule has 3 rings (SSSR count). The van der Waals surface area contributed by atoms with Crippen LogP contribution < -0.4 is 21.9 Å². The van der Waals surface area contributed by atoms with Gasteiger partial charge in [-0.15, -0.1) is 0 Å². The number of nitrogens with zero attached hydrogens (tertiary/aromatic N) is 4. The van der Waals surface area contributed by atoms with E-state index in [1.165, 1.54) is 32.2 Å². The van der Waals surface area contributed by atoms with E-state index < -0.39 is 11.7 Å². The molecule has 1 unspecified atom stereocenters. The first kappa shape index (κ1) is 25.4. The summed E-state index contributed by atoms with van der Waals surface area (Å²) in [6.07, 6.45) is 4.74. The Morgan fingerprint density at radius 3 is 2.64 bits per heavy atom. The summed E-state index contributed by atoms with van der Waals surface area (Å²) >= 11 is 0. The van der Waals surface area contributed by atoms with Crippen LogP contribution in [0.5, 0.6) is 0 Å². The molecule has 174 valence electrons. The summed E-state index contributed by atoms with van der Waals surface area (Å²) in [4.78, 5) is 36.8. The molecule has 1 saturated heterocycles. The zero-order valence-electron chi connectivity index (χ0n) is 18.9. The molecule has 0 spiro atoms. The van der Waals surface area contributed by atoms with Gasteiger partial charge in [0, 0.05) is 37.8 Å². The molecule has 3 N–H and O–H groups in total. The Labute approximate surface area is 192 Å². The third-order valence-corrected chi connectivity index (χ3v) is 5.33. The number of allylic oxidation sites excluding steroid dienone is 2. The van der Waals surface area contributed by atoms with E-state index in [1.807, 2.05) is 17.0 Å². The Bertz CT molecular complexity index is 1200. The number of benzene rings is 1. The largest absolute Gasteiger partial charge is 0.478 e. The Hall–Kier alpha value is -3.90. The number of rotatable bonds is 5. The molecule has 1 aromatic heterocycles. The molecule has 2 heterocycles. The highest BCUT2D eigenvalue weighted by Gasteiger charge is 2.22. The highest BCUT2D eigenvalue weighted by Crippen LogP contribution is 2.19. The van der Waals surface area contributed by atoms with Crippen molar-refractivity contribution in [2.45, 2.75) is 32.4 Å². The molecular formula is C24H29N5O4.